The van der Waals surface area contributed by atoms with Gasteiger partial charge in [-0.15, -0.1) is 0 Å². The van der Waals surface area contributed by atoms with E-state index in [4.69, 9.17) is 4.74 Å². The standard InChI is InChI=1S/C30H20Br6O3/c1-30(2,18-11-23(33)22(24(34)12-18)15-27(37)16-3-7-20(31)8-4-16)19-13-25(35)28(26(36)14-19)39-29(38)17-5-9-21(32)10-6-17/h3-14H,15H2,1-2H3. The van der Waals surface area contributed by atoms with Gasteiger partial charge in [-0.05, 0) is 109 Å². The van der Waals surface area contributed by atoms with Crippen molar-refractivity contribution >= 4 is 107 Å². The zero-order valence-electron chi connectivity index (χ0n) is 20.6. The maximum atomic E-state index is 12.9. The van der Waals surface area contributed by atoms with Crippen LogP contribution in [0.1, 0.15) is 51.3 Å². The van der Waals surface area contributed by atoms with Crippen LogP contribution in [0.3, 0.4) is 0 Å². The van der Waals surface area contributed by atoms with Crippen LogP contribution in [0.4, 0.5) is 0 Å². The van der Waals surface area contributed by atoms with Crippen molar-refractivity contribution in [3.05, 3.63) is 127 Å². The van der Waals surface area contributed by atoms with Crippen LogP contribution in [0.5, 0.6) is 5.75 Å². The molecule has 0 saturated carbocycles. The third-order valence-electron chi connectivity index (χ3n) is 6.36. The Kier molecular flexibility index (Phi) is 10.1. The van der Waals surface area contributed by atoms with Crippen molar-refractivity contribution in [2.24, 2.45) is 0 Å². The van der Waals surface area contributed by atoms with Gasteiger partial charge in [0.15, 0.2) is 11.5 Å². The van der Waals surface area contributed by atoms with Gasteiger partial charge in [-0.3, -0.25) is 4.79 Å². The van der Waals surface area contributed by atoms with Crippen LogP contribution in [0.15, 0.2) is 99.6 Å². The summed E-state index contributed by atoms with van der Waals surface area (Å²) in [7, 11) is 0. The minimum atomic E-state index is -0.447. The van der Waals surface area contributed by atoms with Gasteiger partial charge in [-0.2, -0.15) is 0 Å². The van der Waals surface area contributed by atoms with E-state index in [1.165, 1.54) is 0 Å². The van der Waals surface area contributed by atoms with Crippen molar-refractivity contribution in [3.8, 4) is 5.75 Å². The summed E-state index contributed by atoms with van der Waals surface area (Å²) in [5.74, 6) is 0.000668. The zero-order valence-corrected chi connectivity index (χ0v) is 30.1. The van der Waals surface area contributed by atoms with Gasteiger partial charge in [-0.25, -0.2) is 4.79 Å². The number of ketones is 1. The Labute approximate surface area is 277 Å². The maximum absolute atomic E-state index is 12.9. The van der Waals surface area contributed by atoms with Crippen molar-refractivity contribution < 1.29 is 14.3 Å². The predicted octanol–water partition coefficient (Wildman–Crippen LogP) is 11.2. The van der Waals surface area contributed by atoms with E-state index in [0.29, 0.717) is 25.8 Å². The number of benzene rings is 4. The first-order valence-electron chi connectivity index (χ1n) is 11.6. The monoisotopic (exact) mass is 902 g/mol. The smallest absolute Gasteiger partial charge is 0.343 e. The van der Waals surface area contributed by atoms with E-state index in [0.717, 1.165) is 34.6 Å². The van der Waals surface area contributed by atoms with Gasteiger partial charge in [0.2, 0.25) is 0 Å². The largest absolute Gasteiger partial charge is 0.421 e. The molecule has 0 bridgehead atoms. The minimum absolute atomic E-state index is 0.0389. The number of ether oxygens (including phenoxy) is 1. The second-order valence-corrected chi connectivity index (χ2v) is 14.6. The topological polar surface area (TPSA) is 43.4 Å². The molecule has 9 heteroatoms. The van der Waals surface area contributed by atoms with Crippen LogP contribution < -0.4 is 4.74 Å². The van der Waals surface area contributed by atoms with E-state index >= 15 is 0 Å². The summed E-state index contributed by atoms with van der Waals surface area (Å²) in [6.07, 6.45) is 0.263. The molecule has 0 N–H and O–H groups in total. The molecular weight excluding hydrogens is 888 g/mol. The normalized spacial score (nSPS) is 11.4. The molecule has 0 fully saturated rings. The molecule has 4 rings (SSSR count). The van der Waals surface area contributed by atoms with Gasteiger partial charge < -0.3 is 4.74 Å². The zero-order chi connectivity index (χ0) is 28.5. The van der Waals surface area contributed by atoms with Crippen LogP contribution in [0.25, 0.3) is 0 Å². The van der Waals surface area contributed by atoms with Crippen LogP contribution in [-0.2, 0) is 11.8 Å². The molecule has 0 unspecified atom stereocenters. The Morgan fingerprint density at radius 3 is 1.51 bits per heavy atom. The number of halogens is 6. The van der Waals surface area contributed by atoms with Gasteiger partial charge in [-0.1, -0.05) is 89.7 Å². The van der Waals surface area contributed by atoms with Gasteiger partial charge >= 0.3 is 5.97 Å². The summed E-state index contributed by atoms with van der Waals surface area (Å²) in [6.45, 7) is 4.24. The van der Waals surface area contributed by atoms with Crippen LogP contribution in [-0.4, -0.2) is 11.8 Å². The molecule has 0 aliphatic carbocycles. The summed E-state index contributed by atoms with van der Waals surface area (Å²) < 4.78 is 10.5. The van der Waals surface area contributed by atoms with Crippen LogP contribution >= 0.6 is 95.6 Å². The molecule has 0 atom stereocenters. The maximum Gasteiger partial charge on any atom is 0.343 e. The van der Waals surface area contributed by atoms with Gasteiger partial charge in [0.25, 0.3) is 0 Å². The minimum Gasteiger partial charge on any atom is -0.421 e. The number of Topliss-reactive ketones (excluding diaryl/α,β-unsaturated/α-hetero) is 1. The Morgan fingerprint density at radius 2 is 1.05 bits per heavy atom. The number of hydrogen-bond acceptors (Lipinski definition) is 3. The summed E-state index contributed by atoms with van der Waals surface area (Å²) in [4.78, 5) is 25.6. The van der Waals surface area contributed by atoms with E-state index in [2.05, 4.69) is 122 Å². The fraction of sp³-hybridized carbons (Fsp3) is 0.133. The Bertz CT molecular complexity index is 1400. The average molecular weight is 908 g/mol. The average Bonchev–Trinajstić information content (AvgIpc) is 2.88. The molecule has 4 aromatic carbocycles. The molecule has 3 nitrogen and oxygen atoms in total. The van der Waals surface area contributed by atoms with E-state index in [1.807, 2.05) is 36.4 Å². The fourth-order valence-electron chi connectivity index (χ4n) is 3.95. The molecule has 0 spiro atoms. The molecule has 39 heavy (non-hydrogen) atoms. The lowest BCUT2D eigenvalue weighted by Gasteiger charge is -2.28. The van der Waals surface area contributed by atoms with Crippen LogP contribution in [0, 0.1) is 0 Å². The third kappa shape index (κ3) is 7.22. The number of carbonyl (C=O) groups is 2. The highest BCUT2D eigenvalue weighted by Crippen LogP contribution is 2.43. The molecule has 4 aromatic rings. The lowest BCUT2D eigenvalue weighted by atomic mass is 9.78. The quantitative estimate of drug-likeness (QED) is 0.105. The molecule has 0 amide bonds. The van der Waals surface area contributed by atoms with Gasteiger partial charge in [0.1, 0.15) is 0 Å². The van der Waals surface area contributed by atoms with E-state index in [1.54, 1.807) is 24.3 Å². The highest BCUT2D eigenvalue weighted by Gasteiger charge is 2.28. The van der Waals surface area contributed by atoms with Crippen molar-refractivity contribution in [3.63, 3.8) is 0 Å². The second-order valence-electron chi connectivity index (χ2n) is 9.32. The molecule has 0 aliphatic heterocycles. The van der Waals surface area contributed by atoms with E-state index in [-0.39, 0.29) is 12.2 Å². The predicted molar refractivity (Wildman–Crippen MR) is 177 cm³/mol. The van der Waals surface area contributed by atoms with Crippen molar-refractivity contribution in [2.45, 2.75) is 25.7 Å². The number of hydrogen-bond donors (Lipinski definition) is 0. The van der Waals surface area contributed by atoms with E-state index < -0.39 is 11.4 Å². The molecule has 0 saturated heterocycles. The lowest BCUT2D eigenvalue weighted by Crippen LogP contribution is -2.20. The Morgan fingerprint density at radius 1 is 0.641 bits per heavy atom. The highest BCUT2D eigenvalue weighted by atomic mass is 79.9. The molecule has 0 aliphatic rings. The van der Waals surface area contributed by atoms with Gasteiger partial charge in [0.05, 0.1) is 14.5 Å². The number of carbonyl (C=O) groups excluding carboxylic acids is 2. The number of esters is 1. The second kappa shape index (κ2) is 12.8. The van der Waals surface area contributed by atoms with E-state index in [9.17, 15) is 9.59 Å². The van der Waals surface area contributed by atoms with Crippen molar-refractivity contribution in [1.29, 1.82) is 0 Å². The molecular formula is C30H20Br6O3. The molecule has 200 valence electrons. The summed E-state index contributed by atoms with van der Waals surface area (Å²) >= 11 is 21.4. The first-order valence-corrected chi connectivity index (χ1v) is 16.4. The number of rotatable bonds is 7. The molecule has 0 radical (unpaired) electrons. The highest BCUT2D eigenvalue weighted by molar-refractivity contribution is 9.11. The van der Waals surface area contributed by atoms with Crippen LogP contribution in [0.2, 0.25) is 0 Å². The Balaban J connectivity index is 1.59. The molecule has 0 heterocycles. The summed E-state index contributed by atoms with van der Waals surface area (Å²) in [6, 6.07) is 22.4. The molecule has 0 aromatic heterocycles. The summed E-state index contributed by atoms with van der Waals surface area (Å²) in [5, 5.41) is 0. The summed E-state index contributed by atoms with van der Waals surface area (Å²) in [5.41, 5.74) is 3.63. The lowest BCUT2D eigenvalue weighted by molar-refractivity contribution is 0.0732. The Hall–Kier alpha value is -1.10. The first-order chi connectivity index (χ1) is 18.4. The SMILES string of the molecule is CC(C)(c1cc(Br)c(CC(=O)c2ccc(Br)cc2)c(Br)c1)c1cc(Br)c(OC(=O)c2ccc(Br)cc2)c(Br)c1. The van der Waals surface area contributed by atoms with Gasteiger partial charge in [0, 0.05) is 35.3 Å². The van der Waals surface area contributed by atoms with Crippen molar-refractivity contribution in [2.75, 3.05) is 0 Å². The third-order valence-corrected chi connectivity index (χ3v) is 10.0. The fourth-order valence-corrected chi connectivity index (χ4v) is 7.30. The van der Waals surface area contributed by atoms with Crippen molar-refractivity contribution in [1.82, 2.24) is 0 Å². The first kappa shape index (κ1) is 30.8.